The lowest BCUT2D eigenvalue weighted by molar-refractivity contribution is -0.139. The number of aliphatic carboxylic acids is 2. The van der Waals surface area contributed by atoms with E-state index in [1.165, 1.54) is 0 Å². The number of likely N-dealkylation sites (N-methyl/N-ethyl adjacent to an activating group) is 1. The number of carboxylic acids is 2. The molecule has 0 spiro atoms. The second kappa shape index (κ2) is 9.42. The van der Waals surface area contributed by atoms with Crippen LogP contribution in [0.1, 0.15) is 20.3 Å². The first-order valence-corrected chi connectivity index (χ1v) is 4.67. The first kappa shape index (κ1) is 16.3. The Bertz CT molecular complexity index is 195. The minimum absolute atomic E-state index is 0.278. The number of hydrogen-bond donors (Lipinski definition) is 4. The summed E-state index contributed by atoms with van der Waals surface area (Å²) in [5, 5.41) is 18.9. The lowest BCUT2D eigenvalue weighted by atomic mass is 10.0. The van der Waals surface area contributed by atoms with E-state index in [0.29, 0.717) is 12.3 Å². The summed E-state index contributed by atoms with van der Waals surface area (Å²) >= 11 is 0. The van der Waals surface area contributed by atoms with Gasteiger partial charge in [-0.1, -0.05) is 13.8 Å². The third-order valence-corrected chi connectivity index (χ3v) is 1.53. The maximum absolute atomic E-state index is 10.4. The van der Waals surface area contributed by atoms with Crippen LogP contribution in [-0.4, -0.2) is 41.8 Å². The summed E-state index contributed by atoms with van der Waals surface area (Å²) in [6, 6.07) is -0.389. The molecule has 1 atom stereocenters. The number of carboxylic acid groups (broad SMARTS) is 2. The third kappa shape index (κ3) is 12.9. The number of nitrogens with one attached hydrogen (secondary N) is 1. The Morgan fingerprint density at radius 1 is 1.33 bits per heavy atom. The van der Waals surface area contributed by atoms with Crippen molar-refractivity contribution in [3.05, 3.63) is 0 Å². The van der Waals surface area contributed by atoms with Gasteiger partial charge in [-0.15, -0.1) is 0 Å². The molecule has 0 radical (unpaired) electrons. The Morgan fingerprint density at radius 3 is 1.80 bits per heavy atom. The second-order valence-corrected chi connectivity index (χ2v) is 3.41. The average molecular weight is 220 g/mol. The molecule has 0 aliphatic carbocycles. The summed E-state index contributed by atoms with van der Waals surface area (Å²) in [6.45, 7) is 3.74. The summed E-state index contributed by atoms with van der Waals surface area (Å²) in [7, 11) is 1.67. The average Bonchev–Trinajstić information content (AvgIpc) is 2.14. The monoisotopic (exact) mass is 220 g/mol. The van der Waals surface area contributed by atoms with Crippen molar-refractivity contribution in [3.8, 4) is 0 Å². The summed E-state index contributed by atoms with van der Waals surface area (Å²) in [4.78, 5) is 19.6. The van der Waals surface area contributed by atoms with Gasteiger partial charge in [0.1, 0.15) is 6.04 Å². The van der Waals surface area contributed by atoms with Crippen molar-refractivity contribution in [2.45, 2.75) is 26.3 Å². The molecule has 0 unspecified atom stereocenters. The van der Waals surface area contributed by atoms with E-state index in [9.17, 15) is 9.59 Å². The van der Waals surface area contributed by atoms with Crippen LogP contribution in [0, 0.1) is 5.92 Å². The van der Waals surface area contributed by atoms with Crippen LogP contribution < -0.4 is 11.1 Å². The van der Waals surface area contributed by atoms with E-state index >= 15 is 0 Å². The zero-order valence-electron chi connectivity index (χ0n) is 9.36. The summed E-state index contributed by atoms with van der Waals surface area (Å²) < 4.78 is 0. The summed E-state index contributed by atoms with van der Waals surface area (Å²) in [5.74, 6) is -1.31. The topological polar surface area (TPSA) is 113 Å². The normalized spacial score (nSPS) is 11.5. The van der Waals surface area contributed by atoms with E-state index in [1.807, 2.05) is 13.8 Å². The highest BCUT2D eigenvalue weighted by Gasteiger charge is 2.15. The fourth-order valence-electron chi connectivity index (χ4n) is 0.814. The van der Waals surface area contributed by atoms with Gasteiger partial charge in [-0.3, -0.25) is 9.59 Å². The van der Waals surface area contributed by atoms with E-state index in [-0.39, 0.29) is 12.6 Å². The predicted octanol–water partition coefficient (Wildman–Crippen LogP) is -0.265. The predicted molar refractivity (Wildman–Crippen MR) is 56.6 cm³/mol. The maximum atomic E-state index is 10.4. The Hall–Kier alpha value is -1.14. The van der Waals surface area contributed by atoms with E-state index in [2.05, 4.69) is 11.1 Å². The molecule has 0 bridgehead atoms. The fraction of sp³-hybridized carbons (Fsp3) is 0.778. The SMILES string of the molecule is CN[C@@H](CC(C)C)C(=O)O.NCC(=O)O. The van der Waals surface area contributed by atoms with E-state index in [4.69, 9.17) is 10.2 Å². The van der Waals surface area contributed by atoms with Crippen molar-refractivity contribution in [2.24, 2.45) is 11.7 Å². The minimum Gasteiger partial charge on any atom is -0.480 e. The van der Waals surface area contributed by atoms with Crippen molar-refractivity contribution in [1.29, 1.82) is 0 Å². The summed E-state index contributed by atoms with van der Waals surface area (Å²) in [5.41, 5.74) is 4.57. The highest BCUT2D eigenvalue weighted by Crippen LogP contribution is 2.03. The number of nitrogens with two attached hydrogens (primary N) is 1. The molecule has 0 aliphatic heterocycles. The second-order valence-electron chi connectivity index (χ2n) is 3.41. The molecule has 0 rings (SSSR count). The summed E-state index contributed by atoms with van der Waals surface area (Å²) in [6.07, 6.45) is 0.686. The molecule has 15 heavy (non-hydrogen) atoms. The molecule has 5 N–H and O–H groups in total. The van der Waals surface area contributed by atoms with Gasteiger partial charge >= 0.3 is 11.9 Å². The van der Waals surface area contributed by atoms with Crippen LogP contribution in [0.25, 0.3) is 0 Å². The van der Waals surface area contributed by atoms with Crippen molar-refractivity contribution in [1.82, 2.24) is 5.32 Å². The molecule has 0 saturated carbocycles. The van der Waals surface area contributed by atoms with Gasteiger partial charge in [0.05, 0.1) is 6.54 Å². The largest absolute Gasteiger partial charge is 0.480 e. The smallest absolute Gasteiger partial charge is 0.320 e. The molecule has 0 aromatic rings. The van der Waals surface area contributed by atoms with Gasteiger partial charge in [-0.2, -0.15) is 0 Å². The van der Waals surface area contributed by atoms with Gasteiger partial charge in [-0.05, 0) is 19.4 Å². The zero-order chi connectivity index (χ0) is 12.4. The molecular weight excluding hydrogens is 200 g/mol. The van der Waals surface area contributed by atoms with Gasteiger partial charge in [0.25, 0.3) is 0 Å². The number of hydrogen-bond acceptors (Lipinski definition) is 4. The Labute approximate surface area is 89.5 Å². The molecule has 0 aromatic heterocycles. The van der Waals surface area contributed by atoms with E-state index < -0.39 is 11.9 Å². The highest BCUT2D eigenvalue weighted by atomic mass is 16.4. The molecule has 0 aromatic carbocycles. The van der Waals surface area contributed by atoms with Crippen LogP contribution in [-0.2, 0) is 9.59 Å². The lowest BCUT2D eigenvalue weighted by Gasteiger charge is -2.12. The van der Waals surface area contributed by atoms with E-state index in [1.54, 1.807) is 7.05 Å². The van der Waals surface area contributed by atoms with Crippen LogP contribution in [0.2, 0.25) is 0 Å². The van der Waals surface area contributed by atoms with Crippen LogP contribution in [0.4, 0.5) is 0 Å². The Morgan fingerprint density at radius 2 is 1.73 bits per heavy atom. The number of rotatable bonds is 5. The fourth-order valence-corrected chi connectivity index (χ4v) is 0.814. The minimum atomic E-state index is -0.968. The quantitative estimate of drug-likeness (QED) is 0.507. The number of carbonyl (C=O) groups is 2. The zero-order valence-corrected chi connectivity index (χ0v) is 9.36. The molecular formula is C9H20N2O4. The molecule has 0 amide bonds. The first-order chi connectivity index (χ1) is 6.84. The van der Waals surface area contributed by atoms with Gasteiger partial charge < -0.3 is 21.3 Å². The Balaban J connectivity index is 0. The van der Waals surface area contributed by atoms with E-state index in [0.717, 1.165) is 0 Å². The van der Waals surface area contributed by atoms with Gasteiger partial charge in [0, 0.05) is 0 Å². The Kier molecular flexibility index (Phi) is 10.2. The first-order valence-electron chi connectivity index (χ1n) is 4.67. The van der Waals surface area contributed by atoms with Gasteiger partial charge in [0.2, 0.25) is 0 Å². The van der Waals surface area contributed by atoms with Gasteiger partial charge in [0.15, 0.2) is 0 Å². The van der Waals surface area contributed by atoms with Crippen LogP contribution in [0.15, 0.2) is 0 Å². The van der Waals surface area contributed by atoms with Crippen molar-refractivity contribution >= 4 is 11.9 Å². The van der Waals surface area contributed by atoms with Gasteiger partial charge in [-0.25, -0.2) is 0 Å². The molecule has 90 valence electrons. The van der Waals surface area contributed by atoms with Crippen LogP contribution in [0.3, 0.4) is 0 Å². The van der Waals surface area contributed by atoms with Crippen LogP contribution >= 0.6 is 0 Å². The maximum Gasteiger partial charge on any atom is 0.320 e. The van der Waals surface area contributed by atoms with Crippen molar-refractivity contribution < 1.29 is 19.8 Å². The molecule has 6 heteroatoms. The van der Waals surface area contributed by atoms with Crippen LogP contribution in [0.5, 0.6) is 0 Å². The van der Waals surface area contributed by atoms with Crippen molar-refractivity contribution in [2.75, 3.05) is 13.6 Å². The molecule has 0 aliphatic rings. The molecule has 0 fully saturated rings. The molecule has 0 heterocycles. The highest BCUT2D eigenvalue weighted by molar-refractivity contribution is 5.73. The third-order valence-electron chi connectivity index (χ3n) is 1.53. The standard InChI is InChI=1S/C7H15NO2.C2H5NO2/c1-5(2)4-6(8-3)7(9)10;3-1-2(4)5/h5-6,8H,4H2,1-3H3,(H,9,10);1,3H2,(H,4,5)/t6-;/m0./s1. The molecule has 6 nitrogen and oxygen atoms in total. The molecule has 0 saturated heterocycles. The lowest BCUT2D eigenvalue weighted by Crippen LogP contribution is -2.34. The van der Waals surface area contributed by atoms with Crippen molar-refractivity contribution in [3.63, 3.8) is 0 Å².